The number of benzene rings is 2. The topological polar surface area (TPSA) is 92.3 Å². The average Bonchev–Trinajstić information content (AvgIpc) is 2.98. The Kier molecular flexibility index (Phi) is 5.60. The number of rotatable bonds is 5. The highest BCUT2D eigenvalue weighted by molar-refractivity contribution is 7.91. The van der Waals surface area contributed by atoms with E-state index in [1.807, 2.05) is 31.2 Å². The summed E-state index contributed by atoms with van der Waals surface area (Å²) in [6.45, 7) is 2.39. The quantitative estimate of drug-likeness (QED) is 0.820. The van der Waals surface area contributed by atoms with Gasteiger partial charge in [0.05, 0.1) is 11.5 Å². The van der Waals surface area contributed by atoms with E-state index < -0.39 is 9.84 Å². The van der Waals surface area contributed by atoms with Crippen LogP contribution in [0.15, 0.2) is 48.5 Å². The summed E-state index contributed by atoms with van der Waals surface area (Å²) in [6, 6.07) is 13.9. The van der Waals surface area contributed by atoms with Gasteiger partial charge in [0.2, 0.25) is 0 Å². The van der Waals surface area contributed by atoms with Crippen molar-refractivity contribution in [3.63, 3.8) is 0 Å². The molecule has 0 bridgehead atoms. The second kappa shape index (κ2) is 7.92. The van der Waals surface area contributed by atoms with Crippen molar-refractivity contribution < 1.29 is 18.0 Å². The first kappa shape index (κ1) is 19.1. The van der Waals surface area contributed by atoms with Crippen LogP contribution in [0.4, 0.5) is 0 Å². The number of hydrogen-bond donors (Lipinski definition) is 2. The molecule has 0 spiro atoms. The lowest BCUT2D eigenvalue weighted by Gasteiger charge is -2.12. The predicted octanol–water partition coefficient (Wildman–Crippen LogP) is 1.84. The Morgan fingerprint density at radius 1 is 1.04 bits per heavy atom. The van der Waals surface area contributed by atoms with Crippen LogP contribution in [0.25, 0.3) is 0 Å². The molecule has 2 aromatic carbocycles. The standard InChI is InChI=1S/C20H22N2O4S/c1-14-4-2-5-15(10-14)12-21-19(23)16-6-3-7-17(11-16)20(24)22-18-8-9-27(25,26)13-18/h2-7,10-11,18H,8-9,12-13H2,1H3,(H,21,23)(H,22,24). The van der Waals surface area contributed by atoms with Gasteiger partial charge >= 0.3 is 0 Å². The maximum atomic E-state index is 12.4. The van der Waals surface area contributed by atoms with Crippen molar-refractivity contribution in [3.05, 3.63) is 70.8 Å². The van der Waals surface area contributed by atoms with E-state index in [4.69, 9.17) is 0 Å². The fourth-order valence-corrected chi connectivity index (χ4v) is 4.76. The van der Waals surface area contributed by atoms with Crippen molar-refractivity contribution in [2.75, 3.05) is 11.5 Å². The third kappa shape index (κ3) is 5.17. The molecule has 0 aliphatic carbocycles. The van der Waals surface area contributed by atoms with E-state index in [0.29, 0.717) is 24.1 Å². The first-order valence-electron chi connectivity index (χ1n) is 8.77. The zero-order valence-electron chi connectivity index (χ0n) is 15.1. The number of sulfone groups is 1. The number of carbonyl (C=O) groups excluding carboxylic acids is 2. The van der Waals surface area contributed by atoms with Gasteiger partial charge in [-0.25, -0.2) is 8.42 Å². The van der Waals surface area contributed by atoms with E-state index >= 15 is 0 Å². The van der Waals surface area contributed by atoms with Crippen LogP contribution in [0.1, 0.15) is 38.3 Å². The van der Waals surface area contributed by atoms with Crippen LogP contribution < -0.4 is 10.6 Å². The van der Waals surface area contributed by atoms with E-state index in [1.165, 1.54) is 6.07 Å². The van der Waals surface area contributed by atoms with Gasteiger partial charge in [0.1, 0.15) is 0 Å². The molecule has 2 aromatic rings. The van der Waals surface area contributed by atoms with E-state index in [9.17, 15) is 18.0 Å². The summed E-state index contributed by atoms with van der Waals surface area (Å²) in [5.41, 5.74) is 2.84. The van der Waals surface area contributed by atoms with Gasteiger partial charge in [-0.3, -0.25) is 9.59 Å². The van der Waals surface area contributed by atoms with Gasteiger partial charge in [-0.1, -0.05) is 35.9 Å². The number of hydrogen-bond acceptors (Lipinski definition) is 4. The molecule has 6 nitrogen and oxygen atoms in total. The largest absolute Gasteiger partial charge is 0.348 e. The first-order chi connectivity index (χ1) is 12.8. The van der Waals surface area contributed by atoms with Gasteiger partial charge in [-0.2, -0.15) is 0 Å². The highest BCUT2D eigenvalue weighted by atomic mass is 32.2. The molecule has 2 N–H and O–H groups in total. The molecule has 1 saturated heterocycles. The molecule has 1 aliphatic rings. The summed E-state index contributed by atoms with van der Waals surface area (Å²) in [5.74, 6) is -0.575. The number of aryl methyl sites for hydroxylation is 1. The zero-order chi connectivity index (χ0) is 19.4. The van der Waals surface area contributed by atoms with Crippen molar-refractivity contribution in [1.82, 2.24) is 10.6 Å². The maximum Gasteiger partial charge on any atom is 0.251 e. The lowest BCUT2D eigenvalue weighted by atomic mass is 10.1. The lowest BCUT2D eigenvalue weighted by Crippen LogP contribution is -2.35. The summed E-state index contributed by atoms with van der Waals surface area (Å²) < 4.78 is 23.0. The van der Waals surface area contributed by atoms with E-state index in [-0.39, 0.29) is 29.4 Å². The first-order valence-corrected chi connectivity index (χ1v) is 10.6. The molecule has 1 heterocycles. The highest BCUT2D eigenvalue weighted by Crippen LogP contribution is 2.13. The van der Waals surface area contributed by atoms with Crippen LogP contribution in [0, 0.1) is 6.92 Å². The molecule has 0 saturated carbocycles. The molecular weight excluding hydrogens is 364 g/mol. The molecule has 1 atom stereocenters. The van der Waals surface area contributed by atoms with Gasteiger partial charge in [0.25, 0.3) is 11.8 Å². The van der Waals surface area contributed by atoms with Crippen molar-refractivity contribution in [2.24, 2.45) is 0 Å². The van der Waals surface area contributed by atoms with Crippen LogP contribution in [-0.4, -0.2) is 37.8 Å². The van der Waals surface area contributed by atoms with E-state index in [1.54, 1.807) is 18.2 Å². The molecule has 1 aliphatic heterocycles. The van der Waals surface area contributed by atoms with Crippen molar-refractivity contribution in [3.8, 4) is 0 Å². The molecule has 142 valence electrons. The molecule has 1 unspecified atom stereocenters. The Hall–Kier alpha value is -2.67. The van der Waals surface area contributed by atoms with Crippen LogP contribution in [0.3, 0.4) is 0 Å². The minimum absolute atomic E-state index is 0.0323. The fourth-order valence-electron chi connectivity index (χ4n) is 3.09. The molecule has 3 rings (SSSR count). The van der Waals surface area contributed by atoms with Gasteiger partial charge in [-0.15, -0.1) is 0 Å². The van der Waals surface area contributed by atoms with Crippen molar-refractivity contribution in [2.45, 2.75) is 25.9 Å². The second-order valence-electron chi connectivity index (χ2n) is 6.83. The third-order valence-corrected chi connectivity index (χ3v) is 6.26. The summed E-state index contributed by atoms with van der Waals surface area (Å²) in [4.78, 5) is 24.8. The Balaban J connectivity index is 1.62. The molecule has 1 fully saturated rings. The normalized spacial score (nSPS) is 18.0. The highest BCUT2D eigenvalue weighted by Gasteiger charge is 2.29. The monoisotopic (exact) mass is 386 g/mol. The van der Waals surface area contributed by atoms with Crippen LogP contribution in [-0.2, 0) is 16.4 Å². The Bertz CT molecular complexity index is 969. The number of amides is 2. The Morgan fingerprint density at radius 2 is 1.74 bits per heavy atom. The summed E-state index contributed by atoms with van der Waals surface area (Å²) in [5, 5.41) is 5.57. The minimum atomic E-state index is -3.06. The van der Waals surface area contributed by atoms with Crippen molar-refractivity contribution in [1.29, 1.82) is 0 Å². The van der Waals surface area contributed by atoms with Gasteiger partial charge in [0, 0.05) is 23.7 Å². The summed E-state index contributed by atoms with van der Waals surface area (Å²) in [7, 11) is -3.06. The van der Waals surface area contributed by atoms with Gasteiger partial charge < -0.3 is 10.6 Å². The third-order valence-electron chi connectivity index (χ3n) is 4.49. The summed E-state index contributed by atoms with van der Waals surface area (Å²) in [6.07, 6.45) is 0.421. The minimum Gasteiger partial charge on any atom is -0.348 e. The van der Waals surface area contributed by atoms with Crippen molar-refractivity contribution >= 4 is 21.7 Å². The second-order valence-corrected chi connectivity index (χ2v) is 9.05. The smallest absolute Gasteiger partial charge is 0.251 e. The lowest BCUT2D eigenvalue weighted by molar-refractivity contribution is 0.0941. The summed E-state index contributed by atoms with van der Waals surface area (Å²) >= 11 is 0. The van der Waals surface area contributed by atoms with E-state index in [0.717, 1.165) is 11.1 Å². The van der Waals surface area contributed by atoms with Crippen LogP contribution in [0.2, 0.25) is 0 Å². The Morgan fingerprint density at radius 3 is 2.41 bits per heavy atom. The molecule has 0 radical (unpaired) electrons. The van der Waals surface area contributed by atoms with Gasteiger partial charge in [0.15, 0.2) is 9.84 Å². The maximum absolute atomic E-state index is 12.4. The SMILES string of the molecule is Cc1cccc(CNC(=O)c2cccc(C(=O)NC3CCS(=O)(=O)C3)c2)c1. The zero-order valence-corrected chi connectivity index (χ0v) is 15.9. The molecule has 2 amide bonds. The Labute approximate surface area is 158 Å². The number of carbonyl (C=O) groups is 2. The van der Waals surface area contributed by atoms with Gasteiger partial charge in [-0.05, 0) is 37.1 Å². The fraction of sp³-hybridized carbons (Fsp3) is 0.300. The average molecular weight is 386 g/mol. The predicted molar refractivity (Wildman–Crippen MR) is 103 cm³/mol. The van der Waals surface area contributed by atoms with Crippen LogP contribution in [0.5, 0.6) is 0 Å². The molecular formula is C20H22N2O4S. The van der Waals surface area contributed by atoms with E-state index in [2.05, 4.69) is 10.6 Å². The van der Waals surface area contributed by atoms with Crippen LogP contribution >= 0.6 is 0 Å². The molecule has 27 heavy (non-hydrogen) atoms. The molecule has 7 heteroatoms. The molecule has 0 aromatic heterocycles. The number of nitrogens with one attached hydrogen (secondary N) is 2.